The van der Waals surface area contributed by atoms with Crippen LogP contribution in [0.1, 0.15) is 6.92 Å². The van der Waals surface area contributed by atoms with Crippen molar-refractivity contribution in [2.75, 3.05) is 17.7 Å². The van der Waals surface area contributed by atoms with Gasteiger partial charge in [0, 0.05) is 6.07 Å². The van der Waals surface area contributed by atoms with Crippen LogP contribution in [0.25, 0.3) is 0 Å². The number of para-hydroxylation sites is 1. The van der Waals surface area contributed by atoms with E-state index in [1.165, 1.54) is 0 Å². The summed E-state index contributed by atoms with van der Waals surface area (Å²) in [5.41, 5.74) is 6.75. The zero-order valence-electron chi connectivity index (χ0n) is 10.4. The molecule has 0 amide bonds. The second-order valence-corrected chi connectivity index (χ2v) is 3.90. The van der Waals surface area contributed by atoms with Crippen LogP contribution in [-0.2, 0) is 0 Å². The zero-order chi connectivity index (χ0) is 13.8. The van der Waals surface area contributed by atoms with Crippen molar-refractivity contribution < 1.29 is 13.5 Å². The van der Waals surface area contributed by atoms with E-state index in [0.29, 0.717) is 23.7 Å². The molecule has 3 nitrogen and oxygen atoms in total. The first kappa shape index (κ1) is 13.1. The molecular formula is C14H14F2N2O. The molecule has 0 aliphatic carbocycles. The minimum absolute atomic E-state index is 0.0281. The van der Waals surface area contributed by atoms with Crippen LogP contribution in [0.15, 0.2) is 36.4 Å². The number of hydrogen-bond donors (Lipinski definition) is 2. The molecule has 0 unspecified atom stereocenters. The van der Waals surface area contributed by atoms with Crippen LogP contribution in [0, 0.1) is 11.6 Å². The summed E-state index contributed by atoms with van der Waals surface area (Å²) in [6.07, 6.45) is 0. The monoisotopic (exact) mass is 264 g/mol. The lowest BCUT2D eigenvalue weighted by molar-refractivity contribution is 0.342. The Balaban J connectivity index is 2.33. The maximum absolute atomic E-state index is 13.5. The molecule has 2 rings (SSSR count). The van der Waals surface area contributed by atoms with E-state index in [9.17, 15) is 8.78 Å². The number of nitrogens with one attached hydrogen (secondary N) is 1. The summed E-state index contributed by atoms with van der Waals surface area (Å²) in [7, 11) is 0. The van der Waals surface area contributed by atoms with Crippen molar-refractivity contribution in [2.45, 2.75) is 6.92 Å². The second kappa shape index (κ2) is 5.56. The zero-order valence-corrected chi connectivity index (χ0v) is 10.4. The van der Waals surface area contributed by atoms with Gasteiger partial charge in [0.15, 0.2) is 0 Å². The third-order valence-electron chi connectivity index (χ3n) is 2.56. The minimum Gasteiger partial charge on any atom is -0.492 e. The van der Waals surface area contributed by atoms with Gasteiger partial charge in [0.1, 0.15) is 17.4 Å². The molecular weight excluding hydrogens is 250 g/mol. The van der Waals surface area contributed by atoms with E-state index in [-0.39, 0.29) is 5.69 Å². The molecule has 0 saturated heterocycles. The van der Waals surface area contributed by atoms with E-state index in [1.807, 2.05) is 6.92 Å². The molecule has 0 saturated carbocycles. The predicted octanol–water partition coefficient (Wildman–Crippen LogP) is 3.69. The summed E-state index contributed by atoms with van der Waals surface area (Å²) in [5, 5.41) is 2.76. The second-order valence-electron chi connectivity index (χ2n) is 3.90. The van der Waals surface area contributed by atoms with Gasteiger partial charge in [0.05, 0.1) is 23.7 Å². The molecule has 0 aliphatic rings. The molecule has 0 fully saturated rings. The van der Waals surface area contributed by atoms with Crippen molar-refractivity contribution in [3.8, 4) is 5.75 Å². The van der Waals surface area contributed by atoms with Crippen molar-refractivity contribution in [3.63, 3.8) is 0 Å². The van der Waals surface area contributed by atoms with Gasteiger partial charge in [-0.15, -0.1) is 0 Å². The lowest BCUT2D eigenvalue weighted by Gasteiger charge is -2.13. The topological polar surface area (TPSA) is 47.3 Å². The summed E-state index contributed by atoms with van der Waals surface area (Å²) in [5.74, 6) is -0.574. The Kier molecular flexibility index (Phi) is 3.85. The highest BCUT2D eigenvalue weighted by Crippen LogP contribution is 2.32. The van der Waals surface area contributed by atoms with Gasteiger partial charge < -0.3 is 15.8 Å². The predicted molar refractivity (Wildman–Crippen MR) is 71.7 cm³/mol. The molecule has 0 spiro atoms. The van der Waals surface area contributed by atoms with Gasteiger partial charge >= 0.3 is 0 Å². The standard InChI is InChI=1S/C14H14F2N2O/c1-2-19-13-5-3-4-11(14(13)17)18-12-8-9(15)6-7-10(12)16/h3-8,18H,2,17H2,1H3. The van der Waals surface area contributed by atoms with Crippen LogP contribution < -0.4 is 15.8 Å². The Morgan fingerprint density at radius 3 is 2.68 bits per heavy atom. The average molecular weight is 264 g/mol. The molecule has 0 aromatic heterocycles. The highest BCUT2D eigenvalue weighted by Gasteiger charge is 2.09. The highest BCUT2D eigenvalue weighted by molar-refractivity contribution is 5.77. The lowest BCUT2D eigenvalue weighted by Crippen LogP contribution is -2.02. The molecule has 0 bridgehead atoms. The fourth-order valence-corrected chi connectivity index (χ4v) is 1.67. The normalized spacial score (nSPS) is 10.3. The molecule has 5 heteroatoms. The van der Waals surface area contributed by atoms with Crippen LogP contribution in [0.4, 0.5) is 25.8 Å². The van der Waals surface area contributed by atoms with E-state index in [1.54, 1.807) is 18.2 Å². The molecule has 0 atom stereocenters. The maximum atomic E-state index is 13.5. The molecule has 0 radical (unpaired) electrons. The minimum atomic E-state index is -0.553. The lowest BCUT2D eigenvalue weighted by atomic mass is 10.2. The van der Waals surface area contributed by atoms with E-state index in [0.717, 1.165) is 18.2 Å². The van der Waals surface area contributed by atoms with Crippen LogP contribution in [-0.4, -0.2) is 6.61 Å². The van der Waals surface area contributed by atoms with Gasteiger partial charge in [-0.1, -0.05) is 6.07 Å². The highest BCUT2D eigenvalue weighted by atomic mass is 19.1. The molecule has 0 aliphatic heterocycles. The fraction of sp³-hybridized carbons (Fsp3) is 0.143. The van der Waals surface area contributed by atoms with E-state index in [2.05, 4.69) is 5.32 Å². The van der Waals surface area contributed by atoms with Gasteiger partial charge in [-0.05, 0) is 31.2 Å². The Hall–Kier alpha value is -2.30. The smallest absolute Gasteiger partial charge is 0.146 e. The summed E-state index contributed by atoms with van der Waals surface area (Å²) in [6.45, 7) is 2.31. The summed E-state index contributed by atoms with van der Waals surface area (Å²) in [6, 6.07) is 8.29. The summed E-state index contributed by atoms with van der Waals surface area (Å²) in [4.78, 5) is 0. The van der Waals surface area contributed by atoms with Gasteiger partial charge in [-0.2, -0.15) is 0 Å². The van der Waals surface area contributed by atoms with Crippen molar-refractivity contribution in [3.05, 3.63) is 48.0 Å². The van der Waals surface area contributed by atoms with Gasteiger partial charge in [0.25, 0.3) is 0 Å². The molecule has 2 aromatic rings. The largest absolute Gasteiger partial charge is 0.492 e. The van der Waals surface area contributed by atoms with Crippen molar-refractivity contribution in [2.24, 2.45) is 0 Å². The number of ether oxygens (including phenoxy) is 1. The van der Waals surface area contributed by atoms with Crippen LogP contribution in [0.3, 0.4) is 0 Å². The van der Waals surface area contributed by atoms with Crippen molar-refractivity contribution in [1.29, 1.82) is 0 Å². The first-order valence-electron chi connectivity index (χ1n) is 5.85. The number of rotatable bonds is 4. The maximum Gasteiger partial charge on any atom is 0.146 e. The molecule has 0 heterocycles. The number of hydrogen-bond acceptors (Lipinski definition) is 3. The molecule has 19 heavy (non-hydrogen) atoms. The fourth-order valence-electron chi connectivity index (χ4n) is 1.67. The Labute approximate surface area is 110 Å². The van der Waals surface area contributed by atoms with E-state index in [4.69, 9.17) is 10.5 Å². The van der Waals surface area contributed by atoms with Crippen molar-refractivity contribution >= 4 is 17.1 Å². The van der Waals surface area contributed by atoms with E-state index < -0.39 is 11.6 Å². The quantitative estimate of drug-likeness (QED) is 0.828. The van der Waals surface area contributed by atoms with Crippen LogP contribution in [0.2, 0.25) is 0 Å². The van der Waals surface area contributed by atoms with Crippen LogP contribution >= 0.6 is 0 Å². The van der Waals surface area contributed by atoms with Gasteiger partial charge in [-0.3, -0.25) is 0 Å². The van der Waals surface area contributed by atoms with Gasteiger partial charge in [-0.25, -0.2) is 8.78 Å². The summed E-state index contributed by atoms with van der Waals surface area (Å²) >= 11 is 0. The van der Waals surface area contributed by atoms with Crippen LogP contribution in [0.5, 0.6) is 5.75 Å². The number of anilines is 3. The first-order chi connectivity index (χ1) is 9.11. The first-order valence-corrected chi connectivity index (χ1v) is 5.85. The molecule has 2 aromatic carbocycles. The molecule has 3 N–H and O–H groups in total. The van der Waals surface area contributed by atoms with Crippen molar-refractivity contribution in [1.82, 2.24) is 0 Å². The Morgan fingerprint density at radius 1 is 1.16 bits per heavy atom. The third kappa shape index (κ3) is 2.93. The number of nitrogens with two attached hydrogens (primary N) is 1. The summed E-state index contributed by atoms with van der Waals surface area (Å²) < 4.78 is 32.0. The number of halogens is 2. The number of benzene rings is 2. The SMILES string of the molecule is CCOc1cccc(Nc2cc(F)ccc2F)c1N. The van der Waals surface area contributed by atoms with Gasteiger partial charge in [0.2, 0.25) is 0 Å². The Bertz CT molecular complexity index is 588. The van der Waals surface area contributed by atoms with E-state index >= 15 is 0 Å². The average Bonchev–Trinajstić information content (AvgIpc) is 2.39. The molecule has 100 valence electrons. The number of nitrogen functional groups attached to an aromatic ring is 1. The Morgan fingerprint density at radius 2 is 1.95 bits per heavy atom. The third-order valence-corrected chi connectivity index (χ3v) is 2.56.